The van der Waals surface area contributed by atoms with E-state index in [0.717, 1.165) is 118 Å². The highest BCUT2D eigenvalue weighted by Crippen LogP contribution is 2.43. The Labute approximate surface area is 565 Å². The molecule has 10 heteroatoms. The molecule has 0 N–H and O–H groups in total. The molecule has 0 saturated carbocycles. The Morgan fingerprint density at radius 2 is 0.387 bits per heavy atom. The zero-order chi connectivity index (χ0) is 65.2. The summed E-state index contributed by atoms with van der Waals surface area (Å²) in [6.45, 7) is 13.7. The van der Waals surface area contributed by atoms with Crippen LogP contribution in [0.1, 0.15) is 306 Å². The average Bonchev–Trinajstić information content (AvgIpc) is 0.804. The van der Waals surface area contributed by atoms with E-state index in [1.54, 1.807) is 0 Å². The molecule has 7 aromatic rings. The van der Waals surface area contributed by atoms with Gasteiger partial charge in [0.2, 0.25) is 0 Å². The summed E-state index contributed by atoms with van der Waals surface area (Å²) in [4.78, 5) is 44.4. The molecule has 0 aliphatic carbocycles. The van der Waals surface area contributed by atoms with Crippen molar-refractivity contribution in [2.45, 2.75) is 311 Å². The fourth-order valence-corrected chi connectivity index (χ4v) is 12.8. The van der Waals surface area contributed by atoms with E-state index in [2.05, 4.69) is 178 Å². The van der Waals surface area contributed by atoms with E-state index >= 15 is 0 Å². The summed E-state index contributed by atoms with van der Waals surface area (Å²) in [5, 5.41) is 0. The molecule has 0 aliphatic heterocycles. The minimum atomic E-state index is 0.656. The lowest BCUT2D eigenvalue weighted by Gasteiger charge is -2.30. The van der Waals surface area contributed by atoms with Crippen molar-refractivity contribution >= 4 is 52.2 Å². The molecule has 0 spiro atoms. The number of aromatic nitrogens is 7. The summed E-state index contributed by atoms with van der Waals surface area (Å²) in [6, 6.07) is 31.0. The lowest BCUT2D eigenvalue weighted by molar-refractivity contribution is 0.607. The van der Waals surface area contributed by atoms with Crippen LogP contribution in [0.25, 0.3) is 0 Å². The van der Waals surface area contributed by atoms with E-state index in [-0.39, 0.29) is 0 Å². The van der Waals surface area contributed by atoms with Gasteiger partial charge in [0.15, 0.2) is 0 Å². The van der Waals surface area contributed by atoms with Crippen molar-refractivity contribution in [3.8, 4) is 0 Å². The number of hydrogen-bond donors (Lipinski definition) is 0. The first-order chi connectivity index (χ1) is 45.9. The molecule has 93 heavy (non-hydrogen) atoms. The van der Waals surface area contributed by atoms with E-state index in [4.69, 9.17) is 34.9 Å². The Morgan fingerprint density at radius 1 is 0.204 bits per heavy atom. The van der Waals surface area contributed by atoms with Crippen LogP contribution in [0, 0.1) is 0 Å². The second-order valence-electron chi connectivity index (χ2n) is 26.8. The van der Waals surface area contributed by atoms with Gasteiger partial charge in [-0.2, -0.15) is 0 Å². The summed E-state index contributed by atoms with van der Waals surface area (Å²) in [5.74, 6) is 5.86. The molecule has 0 amide bonds. The maximum atomic E-state index is 5.81. The van der Waals surface area contributed by atoms with Gasteiger partial charge in [-0.15, -0.1) is 0 Å². The molecular weight excluding hydrogens is 1140 g/mol. The van der Waals surface area contributed by atoms with E-state index in [0.29, 0.717) is 11.6 Å². The van der Waals surface area contributed by atoms with Gasteiger partial charge in [0.05, 0.1) is 5.69 Å². The van der Waals surface area contributed by atoms with E-state index in [9.17, 15) is 0 Å². The van der Waals surface area contributed by atoms with Gasteiger partial charge in [0.25, 0.3) is 0 Å². The summed E-state index contributed by atoms with van der Waals surface area (Å²) in [6.07, 6.45) is 63.7. The smallest absolute Gasteiger partial charge is 0.144 e. The third-order valence-corrected chi connectivity index (χ3v) is 18.6. The van der Waals surface area contributed by atoms with Crippen LogP contribution in [0.2, 0.25) is 0 Å². The van der Waals surface area contributed by atoms with Crippen molar-refractivity contribution in [1.29, 1.82) is 0 Å². The highest BCUT2D eigenvalue weighted by molar-refractivity contribution is 5.83. The number of rotatable bonds is 51. The van der Waals surface area contributed by atoms with Gasteiger partial charge in [-0.3, -0.25) is 14.7 Å². The average molecular weight is 1260 g/mol. The lowest BCUT2D eigenvalue weighted by Crippen LogP contribution is -2.21. The fraction of sp³-hybridized carbons (Fsp3) is 0.578. The summed E-state index contributed by atoms with van der Waals surface area (Å²) in [5.41, 5.74) is 8.31. The monoisotopic (exact) mass is 1260 g/mol. The quantitative estimate of drug-likeness (QED) is 0.0343. The molecule has 0 aliphatic rings. The van der Waals surface area contributed by atoms with Crippen LogP contribution in [-0.2, 0) is 38.5 Å². The van der Waals surface area contributed by atoms with Crippen molar-refractivity contribution in [3.63, 3.8) is 0 Å². The van der Waals surface area contributed by atoms with Crippen LogP contribution < -0.4 is 14.7 Å². The molecule has 504 valence electrons. The highest BCUT2D eigenvalue weighted by Gasteiger charge is 2.27. The van der Waals surface area contributed by atoms with E-state index < -0.39 is 0 Å². The Balaban J connectivity index is 1.39. The molecule has 7 heterocycles. The van der Waals surface area contributed by atoms with Crippen molar-refractivity contribution in [2.24, 2.45) is 0 Å². The van der Waals surface area contributed by atoms with Crippen molar-refractivity contribution in [2.75, 3.05) is 14.7 Å². The summed E-state index contributed by atoms with van der Waals surface area (Å²) < 4.78 is 0. The number of aryl methyl sites for hydroxylation is 6. The Morgan fingerprint density at radius 3 is 0.570 bits per heavy atom. The van der Waals surface area contributed by atoms with E-state index in [1.807, 2.05) is 0 Å². The maximum absolute atomic E-state index is 5.81. The summed E-state index contributed by atoms with van der Waals surface area (Å²) in [7, 11) is 0. The Bertz CT molecular complexity index is 2480. The van der Waals surface area contributed by atoms with Crippen LogP contribution in [0.4, 0.5) is 52.2 Å². The minimum Gasteiger partial charge on any atom is -0.279 e. The molecule has 0 atom stereocenters. The molecule has 0 saturated heterocycles. The molecule has 7 aromatic heterocycles. The van der Waals surface area contributed by atoms with Crippen LogP contribution in [0.5, 0.6) is 0 Å². The van der Waals surface area contributed by atoms with Gasteiger partial charge in [-0.1, -0.05) is 271 Å². The van der Waals surface area contributed by atoms with Crippen LogP contribution in [-0.4, -0.2) is 34.9 Å². The largest absolute Gasteiger partial charge is 0.279 e. The zero-order valence-electron chi connectivity index (χ0n) is 59.2. The molecule has 7 rings (SSSR count). The normalized spacial score (nSPS) is 11.4. The first kappa shape index (κ1) is 73.9. The Hall–Kier alpha value is -6.55. The second-order valence-corrected chi connectivity index (χ2v) is 26.8. The van der Waals surface area contributed by atoms with Gasteiger partial charge in [-0.25, -0.2) is 34.9 Å². The van der Waals surface area contributed by atoms with Gasteiger partial charge < -0.3 is 0 Å². The van der Waals surface area contributed by atoms with E-state index in [1.165, 1.54) is 226 Å². The fourth-order valence-electron chi connectivity index (χ4n) is 12.8. The third-order valence-electron chi connectivity index (χ3n) is 18.6. The van der Waals surface area contributed by atoms with Crippen LogP contribution in [0.15, 0.2) is 122 Å². The van der Waals surface area contributed by atoms with Gasteiger partial charge >= 0.3 is 0 Å². The maximum Gasteiger partial charge on any atom is 0.144 e. The molecule has 0 unspecified atom stereocenters. The van der Waals surface area contributed by atoms with Gasteiger partial charge in [0.1, 0.15) is 46.5 Å². The van der Waals surface area contributed by atoms with Crippen molar-refractivity contribution < 1.29 is 0 Å². The number of anilines is 9. The molecule has 0 aromatic carbocycles. The molecule has 0 bridgehead atoms. The number of hydrogen-bond acceptors (Lipinski definition) is 10. The number of pyridine rings is 7. The highest BCUT2D eigenvalue weighted by atomic mass is 15.3. The van der Waals surface area contributed by atoms with Crippen molar-refractivity contribution in [3.05, 3.63) is 155 Å². The number of unbranched alkanes of at least 4 members (excludes halogenated alkanes) is 30. The van der Waals surface area contributed by atoms with Crippen LogP contribution >= 0.6 is 0 Å². The standard InChI is InChI=1S/C83H122N10/c1-7-13-19-25-31-37-43-69-49-55-76(84-63-69)91(77-56-50-70(64-85-77)44-38-32-26-20-14-8-2)75-61-82(92(78-57-51-71(65-86-78)45-39-33-27-21-15-9-3)79-58-52-72(66-87-79)46-40-34-28-22-16-10-4)90-83(62-75)93(80-59-53-73(67-88-80)47-41-35-29-23-17-11-5)81-60-54-74(68-89-81)48-42-36-30-24-18-12-6/h49-68H,7-48H2,1-6H3. The molecule has 0 fully saturated rings. The van der Waals surface area contributed by atoms with Gasteiger partial charge in [0, 0.05) is 49.3 Å². The second kappa shape index (κ2) is 44.9. The molecular formula is C83H122N10. The zero-order valence-corrected chi connectivity index (χ0v) is 59.2. The lowest BCUT2D eigenvalue weighted by atomic mass is 10.1. The molecule has 0 radical (unpaired) electrons. The SMILES string of the molecule is CCCCCCCCc1ccc(N(c2cc(N(c3ccc(CCCCCCCC)cn3)c3ccc(CCCCCCCC)cn3)nc(N(c3ccc(CCCCCCCC)cn3)c3ccc(CCCCCCCC)cn3)c2)c2ccc(CCCCCCCC)cn2)nc1. The number of nitrogens with zero attached hydrogens (tertiary/aromatic N) is 10. The Kier molecular flexibility index (Phi) is 35.7. The first-order valence-electron chi connectivity index (χ1n) is 38.1. The summed E-state index contributed by atoms with van der Waals surface area (Å²) >= 11 is 0. The predicted molar refractivity (Wildman–Crippen MR) is 398 cm³/mol. The molecule has 10 nitrogen and oxygen atoms in total. The van der Waals surface area contributed by atoms with Crippen molar-refractivity contribution in [1.82, 2.24) is 34.9 Å². The first-order valence-corrected chi connectivity index (χ1v) is 38.1. The third kappa shape index (κ3) is 26.6. The van der Waals surface area contributed by atoms with Crippen LogP contribution in [0.3, 0.4) is 0 Å². The topological polar surface area (TPSA) is 100.0 Å². The van der Waals surface area contributed by atoms with Gasteiger partial charge in [-0.05, 0) is 147 Å². The predicted octanol–water partition coefficient (Wildman–Crippen LogP) is 25.3. The minimum absolute atomic E-state index is 0.656.